The van der Waals surface area contributed by atoms with Gasteiger partial charge in [-0.05, 0) is 24.6 Å². The highest BCUT2D eigenvalue weighted by atomic mass is 19.1. The van der Waals surface area contributed by atoms with E-state index in [1.807, 2.05) is 6.92 Å². The van der Waals surface area contributed by atoms with Gasteiger partial charge in [0.05, 0.1) is 0 Å². The van der Waals surface area contributed by atoms with Crippen molar-refractivity contribution in [3.63, 3.8) is 0 Å². The Hall–Kier alpha value is -1.90. The number of hydrogen-bond donors (Lipinski definition) is 2. The first-order chi connectivity index (χ1) is 9.67. The zero-order chi connectivity index (χ0) is 14.8. The molecule has 0 aliphatic heterocycles. The van der Waals surface area contributed by atoms with Crippen molar-refractivity contribution < 1.29 is 19.0 Å². The maximum Gasteiger partial charge on any atom is 0.246 e. The van der Waals surface area contributed by atoms with Crippen LogP contribution in [0.4, 0.5) is 4.39 Å². The predicted molar refractivity (Wildman–Crippen MR) is 73.3 cm³/mol. The van der Waals surface area contributed by atoms with E-state index in [0.29, 0.717) is 17.7 Å². The highest BCUT2D eigenvalue weighted by molar-refractivity contribution is 5.77. The highest BCUT2D eigenvalue weighted by Gasteiger charge is 2.06. The Kier molecular flexibility index (Phi) is 7.33. The van der Waals surface area contributed by atoms with E-state index in [1.165, 1.54) is 12.1 Å². The van der Waals surface area contributed by atoms with Gasteiger partial charge in [-0.3, -0.25) is 4.79 Å². The van der Waals surface area contributed by atoms with E-state index in [-0.39, 0.29) is 25.7 Å². The van der Waals surface area contributed by atoms with E-state index in [0.717, 1.165) is 6.42 Å². The third-order valence-electron chi connectivity index (χ3n) is 2.42. The molecule has 5 heteroatoms. The number of carbonyl (C=O) groups is 1. The van der Waals surface area contributed by atoms with Crippen LogP contribution in [-0.2, 0) is 16.1 Å². The molecular weight excluding hydrogens is 261 g/mol. The first-order valence-corrected chi connectivity index (χ1v) is 6.40. The Balaban J connectivity index is 2.56. The van der Waals surface area contributed by atoms with Crippen LogP contribution < -0.4 is 5.32 Å². The quantitative estimate of drug-likeness (QED) is 0.608. The SMILES string of the molecule is CCCOCC(=O)NCc1cc(C#CCO)ccc1F. The number of hydrogen-bond acceptors (Lipinski definition) is 3. The minimum atomic E-state index is -0.408. The lowest BCUT2D eigenvalue weighted by atomic mass is 10.1. The van der Waals surface area contributed by atoms with Crippen molar-refractivity contribution in [2.24, 2.45) is 0 Å². The Morgan fingerprint density at radius 1 is 1.50 bits per heavy atom. The summed E-state index contributed by atoms with van der Waals surface area (Å²) in [6.07, 6.45) is 0.841. The number of aliphatic hydroxyl groups is 1. The highest BCUT2D eigenvalue weighted by Crippen LogP contribution is 2.09. The fraction of sp³-hybridized carbons (Fsp3) is 0.400. The molecule has 20 heavy (non-hydrogen) atoms. The second kappa shape index (κ2) is 9.08. The Labute approximate surface area is 117 Å². The topological polar surface area (TPSA) is 58.6 Å². The maximum absolute atomic E-state index is 13.6. The molecule has 0 spiro atoms. The molecule has 0 bridgehead atoms. The number of benzene rings is 1. The van der Waals surface area contributed by atoms with Crippen molar-refractivity contribution in [2.75, 3.05) is 19.8 Å². The molecule has 0 heterocycles. The zero-order valence-electron chi connectivity index (χ0n) is 11.4. The fourth-order valence-corrected chi connectivity index (χ4v) is 1.48. The molecule has 0 aliphatic carbocycles. The number of amides is 1. The summed E-state index contributed by atoms with van der Waals surface area (Å²) in [6.45, 7) is 2.27. The molecular formula is C15H18FNO3. The number of nitrogens with one attached hydrogen (secondary N) is 1. The summed E-state index contributed by atoms with van der Waals surface area (Å²) in [5.41, 5.74) is 0.936. The second-order valence-corrected chi connectivity index (χ2v) is 4.10. The lowest BCUT2D eigenvalue weighted by Crippen LogP contribution is -2.27. The summed E-state index contributed by atoms with van der Waals surface area (Å²) in [7, 11) is 0. The van der Waals surface area contributed by atoms with Crippen molar-refractivity contribution in [3.05, 3.63) is 35.1 Å². The van der Waals surface area contributed by atoms with Crippen LogP contribution in [0.5, 0.6) is 0 Å². The van der Waals surface area contributed by atoms with Crippen molar-refractivity contribution in [3.8, 4) is 11.8 Å². The van der Waals surface area contributed by atoms with E-state index in [9.17, 15) is 9.18 Å². The van der Waals surface area contributed by atoms with Gasteiger partial charge in [-0.1, -0.05) is 18.8 Å². The summed E-state index contributed by atoms with van der Waals surface area (Å²) < 4.78 is 18.7. The van der Waals surface area contributed by atoms with Crippen molar-refractivity contribution in [1.29, 1.82) is 0 Å². The molecule has 0 saturated carbocycles. The van der Waals surface area contributed by atoms with Crippen LogP contribution in [0.2, 0.25) is 0 Å². The summed E-state index contributed by atoms with van der Waals surface area (Å²) >= 11 is 0. The lowest BCUT2D eigenvalue weighted by Gasteiger charge is -2.07. The van der Waals surface area contributed by atoms with Gasteiger partial charge >= 0.3 is 0 Å². The monoisotopic (exact) mass is 279 g/mol. The molecule has 1 aromatic carbocycles. The number of ether oxygens (including phenoxy) is 1. The zero-order valence-corrected chi connectivity index (χ0v) is 11.4. The largest absolute Gasteiger partial charge is 0.384 e. The Morgan fingerprint density at radius 3 is 3.00 bits per heavy atom. The second-order valence-electron chi connectivity index (χ2n) is 4.10. The normalized spacial score (nSPS) is 9.75. The minimum Gasteiger partial charge on any atom is -0.384 e. The van der Waals surface area contributed by atoms with Crippen LogP contribution in [0.25, 0.3) is 0 Å². The maximum atomic E-state index is 13.6. The molecule has 0 unspecified atom stereocenters. The van der Waals surface area contributed by atoms with Crippen LogP contribution >= 0.6 is 0 Å². The molecule has 108 valence electrons. The van der Waals surface area contributed by atoms with Crippen LogP contribution in [0.3, 0.4) is 0 Å². The van der Waals surface area contributed by atoms with E-state index >= 15 is 0 Å². The Bertz CT molecular complexity index is 506. The van der Waals surface area contributed by atoms with Gasteiger partial charge in [0.25, 0.3) is 0 Å². The predicted octanol–water partition coefficient (Wildman–Crippen LogP) is 1.21. The molecule has 0 atom stereocenters. The van der Waals surface area contributed by atoms with Crippen LogP contribution in [0.15, 0.2) is 18.2 Å². The van der Waals surface area contributed by atoms with Crippen LogP contribution in [-0.4, -0.2) is 30.8 Å². The fourth-order valence-electron chi connectivity index (χ4n) is 1.48. The summed E-state index contributed by atoms with van der Waals surface area (Å²) in [5, 5.41) is 11.2. The average molecular weight is 279 g/mol. The van der Waals surface area contributed by atoms with E-state index in [4.69, 9.17) is 9.84 Å². The van der Waals surface area contributed by atoms with Gasteiger partial charge in [0.15, 0.2) is 0 Å². The van der Waals surface area contributed by atoms with Crippen LogP contribution in [0, 0.1) is 17.7 Å². The third-order valence-corrected chi connectivity index (χ3v) is 2.42. The van der Waals surface area contributed by atoms with Gasteiger partial charge in [0.1, 0.15) is 19.0 Å². The molecule has 0 aliphatic rings. The third kappa shape index (κ3) is 5.83. The molecule has 0 aromatic heterocycles. The molecule has 1 rings (SSSR count). The van der Waals surface area contributed by atoms with Gasteiger partial charge in [-0.15, -0.1) is 0 Å². The number of carbonyl (C=O) groups excluding carboxylic acids is 1. The number of halogens is 1. The first kappa shape index (κ1) is 16.2. The van der Waals surface area contributed by atoms with Gasteiger partial charge in [-0.2, -0.15) is 0 Å². The van der Waals surface area contributed by atoms with Crippen molar-refractivity contribution in [1.82, 2.24) is 5.32 Å². The molecule has 0 fully saturated rings. The summed E-state index contributed by atoms with van der Waals surface area (Å²) in [6, 6.07) is 4.36. The molecule has 1 amide bonds. The molecule has 1 aromatic rings. The molecule has 0 saturated heterocycles. The minimum absolute atomic E-state index is 0.0283. The first-order valence-electron chi connectivity index (χ1n) is 6.40. The van der Waals surface area contributed by atoms with E-state index < -0.39 is 5.82 Å². The summed E-state index contributed by atoms with van der Waals surface area (Å²) in [4.78, 5) is 11.4. The van der Waals surface area contributed by atoms with Crippen LogP contribution in [0.1, 0.15) is 24.5 Å². The summed E-state index contributed by atoms with van der Waals surface area (Å²) in [5.74, 6) is 4.48. The van der Waals surface area contributed by atoms with Gasteiger partial charge in [0.2, 0.25) is 5.91 Å². The number of rotatable bonds is 6. The molecule has 4 nitrogen and oxygen atoms in total. The lowest BCUT2D eigenvalue weighted by molar-refractivity contribution is -0.125. The smallest absolute Gasteiger partial charge is 0.246 e. The number of aliphatic hydroxyl groups excluding tert-OH is 1. The van der Waals surface area contributed by atoms with E-state index in [1.54, 1.807) is 6.07 Å². The van der Waals surface area contributed by atoms with Crippen molar-refractivity contribution >= 4 is 5.91 Å². The van der Waals surface area contributed by atoms with Gasteiger partial charge in [0, 0.05) is 24.3 Å². The molecule has 0 radical (unpaired) electrons. The average Bonchev–Trinajstić information content (AvgIpc) is 2.45. The van der Waals surface area contributed by atoms with Gasteiger partial charge in [-0.25, -0.2) is 4.39 Å². The standard InChI is InChI=1S/C15H18FNO3/c1-2-8-20-11-15(19)17-10-13-9-12(4-3-7-18)5-6-14(13)16/h5-6,9,18H,2,7-8,10-11H2,1H3,(H,17,19). The molecule has 2 N–H and O–H groups in total. The van der Waals surface area contributed by atoms with Gasteiger partial charge < -0.3 is 15.2 Å². The Morgan fingerprint density at radius 2 is 2.30 bits per heavy atom. The van der Waals surface area contributed by atoms with Crippen molar-refractivity contribution in [2.45, 2.75) is 19.9 Å². The van der Waals surface area contributed by atoms with E-state index in [2.05, 4.69) is 17.2 Å².